The zero-order valence-electron chi connectivity index (χ0n) is 17.7. The fourth-order valence-corrected chi connectivity index (χ4v) is 3.69. The lowest BCUT2D eigenvalue weighted by atomic mass is 10.0. The van der Waals surface area contributed by atoms with Gasteiger partial charge in [0.1, 0.15) is 0 Å². The predicted octanol–water partition coefficient (Wildman–Crippen LogP) is 3.77. The van der Waals surface area contributed by atoms with Crippen LogP contribution in [0.2, 0.25) is 0 Å². The number of benzene rings is 2. The highest BCUT2D eigenvalue weighted by Crippen LogP contribution is 2.18. The topological polar surface area (TPSA) is 54.9 Å². The van der Waals surface area contributed by atoms with Crippen LogP contribution in [0.3, 0.4) is 0 Å². The molecule has 29 heavy (non-hydrogen) atoms. The third-order valence-corrected chi connectivity index (χ3v) is 5.32. The van der Waals surface area contributed by atoms with Crippen LogP contribution in [0.5, 0.6) is 0 Å². The molecule has 2 aromatic rings. The second-order valence-electron chi connectivity index (χ2n) is 7.56. The van der Waals surface area contributed by atoms with E-state index in [1.165, 1.54) is 16.3 Å². The molecule has 1 aliphatic heterocycles. The minimum absolute atomic E-state index is 0.667. The lowest BCUT2D eigenvalue weighted by molar-refractivity contribution is 0.0205. The largest absolute Gasteiger partial charge is 0.381 e. The van der Waals surface area contributed by atoms with Gasteiger partial charge in [-0.3, -0.25) is 4.99 Å². The Bertz CT molecular complexity index is 751. The first-order chi connectivity index (χ1) is 14.4. The Morgan fingerprint density at radius 2 is 1.93 bits per heavy atom. The molecule has 0 aliphatic carbocycles. The summed E-state index contributed by atoms with van der Waals surface area (Å²) in [6, 6.07) is 15.1. The molecule has 0 bridgehead atoms. The Labute approximate surface area is 174 Å². The predicted molar refractivity (Wildman–Crippen MR) is 121 cm³/mol. The second kappa shape index (κ2) is 12.5. The van der Waals surface area contributed by atoms with E-state index in [1.807, 2.05) is 0 Å². The first kappa shape index (κ1) is 21.6. The van der Waals surface area contributed by atoms with Crippen molar-refractivity contribution >= 4 is 16.7 Å². The molecule has 158 valence electrons. The number of guanidine groups is 1. The summed E-state index contributed by atoms with van der Waals surface area (Å²) in [4.78, 5) is 4.69. The summed E-state index contributed by atoms with van der Waals surface area (Å²) in [6.45, 7) is 7.99. The van der Waals surface area contributed by atoms with E-state index in [2.05, 4.69) is 65.0 Å². The van der Waals surface area contributed by atoms with Crippen LogP contribution in [0, 0.1) is 5.92 Å². The van der Waals surface area contributed by atoms with Crippen molar-refractivity contribution in [3.63, 3.8) is 0 Å². The van der Waals surface area contributed by atoms with Gasteiger partial charge in [0.2, 0.25) is 0 Å². The summed E-state index contributed by atoms with van der Waals surface area (Å²) < 4.78 is 11.2. The second-order valence-corrected chi connectivity index (χ2v) is 7.56. The molecule has 0 radical (unpaired) electrons. The maximum atomic E-state index is 5.83. The highest BCUT2D eigenvalue weighted by Gasteiger charge is 2.13. The van der Waals surface area contributed by atoms with Crippen molar-refractivity contribution in [3.8, 4) is 0 Å². The maximum absolute atomic E-state index is 5.83. The Kier molecular flexibility index (Phi) is 9.27. The number of ether oxygens (including phenoxy) is 2. The first-order valence-electron chi connectivity index (χ1n) is 11.0. The van der Waals surface area contributed by atoms with Gasteiger partial charge in [-0.25, -0.2) is 0 Å². The van der Waals surface area contributed by atoms with E-state index < -0.39 is 0 Å². The molecule has 5 nitrogen and oxygen atoms in total. The summed E-state index contributed by atoms with van der Waals surface area (Å²) in [5.41, 5.74) is 1.37. The number of aliphatic imine (C=N–C) groups is 1. The van der Waals surface area contributed by atoms with E-state index in [-0.39, 0.29) is 0 Å². The minimum Gasteiger partial charge on any atom is -0.381 e. The first-order valence-corrected chi connectivity index (χ1v) is 11.0. The van der Waals surface area contributed by atoms with Gasteiger partial charge in [0, 0.05) is 46.1 Å². The van der Waals surface area contributed by atoms with Crippen molar-refractivity contribution in [1.82, 2.24) is 10.6 Å². The van der Waals surface area contributed by atoms with Gasteiger partial charge < -0.3 is 20.1 Å². The van der Waals surface area contributed by atoms with Gasteiger partial charge in [-0.1, -0.05) is 42.5 Å². The number of hydrogen-bond donors (Lipinski definition) is 2. The third kappa shape index (κ3) is 7.33. The molecule has 2 aromatic carbocycles. The molecule has 0 spiro atoms. The van der Waals surface area contributed by atoms with Gasteiger partial charge in [0.05, 0.1) is 0 Å². The summed E-state index contributed by atoms with van der Waals surface area (Å²) in [6.07, 6.45) is 4.18. The molecule has 1 heterocycles. The van der Waals surface area contributed by atoms with Gasteiger partial charge in [-0.05, 0) is 54.9 Å². The van der Waals surface area contributed by atoms with Crippen molar-refractivity contribution in [2.45, 2.75) is 32.6 Å². The van der Waals surface area contributed by atoms with Crippen LogP contribution >= 0.6 is 0 Å². The minimum atomic E-state index is 0.667. The molecule has 1 fully saturated rings. The molecule has 0 unspecified atom stereocenters. The van der Waals surface area contributed by atoms with E-state index in [4.69, 9.17) is 9.47 Å². The third-order valence-electron chi connectivity index (χ3n) is 5.32. The number of rotatable bonds is 10. The van der Waals surface area contributed by atoms with Crippen LogP contribution in [0.25, 0.3) is 10.8 Å². The zero-order chi connectivity index (χ0) is 20.2. The average molecular weight is 398 g/mol. The van der Waals surface area contributed by atoms with Crippen LogP contribution in [-0.2, 0) is 15.9 Å². The Hall–Kier alpha value is -2.11. The van der Waals surface area contributed by atoms with Crippen molar-refractivity contribution in [3.05, 3.63) is 48.0 Å². The lowest BCUT2D eigenvalue weighted by Gasteiger charge is -2.21. The smallest absolute Gasteiger partial charge is 0.191 e. The fourth-order valence-electron chi connectivity index (χ4n) is 3.69. The quantitative estimate of drug-likeness (QED) is 0.364. The van der Waals surface area contributed by atoms with E-state index >= 15 is 0 Å². The summed E-state index contributed by atoms with van der Waals surface area (Å²) >= 11 is 0. The Morgan fingerprint density at radius 1 is 1.10 bits per heavy atom. The molecule has 1 aliphatic rings. The van der Waals surface area contributed by atoms with Crippen molar-refractivity contribution in [2.75, 3.05) is 46.1 Å². The van der Waals surface area contributed by atoms with E-state index in [9.17, 15) is 0 Å². The molecule has 3 rings (SSSR count). The number of nitrogens with one attached hydrogen (secondary N) is 2. The highest BCUT2D eigenvalue weighted by atomic mass is 16.5. The van der Waals surface area contributed by atoms with Crippen LogP contribution < -0.4 is 10.6 Å². The molecule has 1 saturated heterocycles. The van der Waals surface area contributed by atoms with E-state index in [0.717, 1.165) is 77.7 Å². The van der Waals surface area contributed by atoms with Crippen molar-refractivity contribution in [2.24, 2.45) is 10.9 Å². The van der Waals surface area contributed by atoms with Crippen LogP contribution in [-0.4, -0.2) is 52.0 Å². The monoisotopic (exact) mass is 397 g/mol. The van der Waals surface area contributed by atoms with E-state index in [0.29, 0.717) is 5.92 Å². The van der Waals surface area contributed by atoms with Gasteiger partial charge >= 0.3 is 0 Å². The molecule has 2 N–H and O–H groups in total. The molecular formula is C24H35N3O2. The van der Waals surface area contributed by atoms with Gasteiger partial charge in [-0.15, -0.1) is 0 Å². The highest BCUT2D eigenvalue weighted by molar-refractivity contribution is 5.85. The molecule has 5 heteroatoms. The standard InChI is InChI=1S/C24H35N3O2/c1-2-25-24(26-14-6-16-29-19-20-12-17-28-18-13-20)27-15-11-22-9-5-8-21-7-3-4-10-23(21)22/h3-5,7-10,20H,2,6,11-19H2,1H3,(H2,25,26,27). The van der Waals surface area contributed by atoms with Gasteiger partial charge in [0.25, 0.3) is 0 Å². The normalized spacial score (nSPS) is 15.6. The molecule has 0 amide bonds. The fraction of sp³-hybridized carbons (Fsp3) is 0.542. The molecule has 0 saturated carbocycles. The van der Waals surface area contributed by atoms with Crippen molar-refractivity contribution < 1.29 is 9.47 Å². The van der Waals surface area contributed by atoms with Crippen LogP contribution in [0.1, 0.15) is 31.7 Å². The average Bonchev–Trinajstić information content (AvgIpc) is 2.77. The number of hydrogen-bond acceptors (Lipinski definition) is 3. The zero-order valence-corrected chi connectivity index (χ0v) is 17.7. The van der Waals surface area contributed by atoms with Crippen molar-refractivity contribution in [1.29, 1.82) is 0 Å². The summed E-state index contributed by atoms with van der Waals surface area (Å²) in [5.74, 6) is 1.55. The van der Waals surface area contributed by atoms with Gasteiger partial charge in [0.15, 0.2) is 5.96 Å². The summed E-state index contributed by atoms with van der Waals surface area (Å²) in [5, 5.41) is 9.42. The number of nitrogens with zero attached hydrogens (tertiary/aromatic N) is 1. The molecular weight excluding hydrogens is 362 g/mol. The van der Waals surface area contributed by atoms with E-state index in [1.54, 1.807) is 0 Å². The van der Waals surface area contributed by atoms with Crippen LogP contribution in [0.4, 0.5) is 0 Å². The summed E-state index contributed by atoms with van der Waals surface area (Å²) in [7, 11) is 0. The Morgan fingerprint density at radius 3 is 2.79 bits per heavy atom. The van der Waals surface area contributed by atoms with Crippen LogP contribution in [0.15, 0.2) is 47.5 Å². The van der Waals surface area contributed by atoms with Gasteiger partial charge in [-0.2, -0.15) is 0 Å². The maximum Gasteiger partial charge on any atom is 0.191 e. The molecule has 0 aromatic heterocycles. The number of fused-ring (bicyclic) bond motifs is 1. The lowest BCUT2D eigenvalue weighted by Crippen LogP contribution is -2.38. The Balaban J connectivity index is 1.37. The SMILES string of the molecule is CCNC(=NCCCOCC1CCOCC1)NCCc1cccc2ccccc12. The molecule has 0 atom stereocenters.